The minimum Gasteiger partial charge on any atom is -0.491 e. The van der Waals surface area contributed by atoms with E-state index in [0.29, 0.717) is 51.6 Å². The molecule has 45 heavy (non-hydrogen) atoms. The second-order valence-corrected chi connectivity index (χ2v) is 13.0. The largest absolute Gasteiger partial charge is 0.491 e. The highest BCUT2D eigenvalue weighted by atomic mass is 32.2. The average molecular weight is 627 g/mol. The fourth-order valence-electron chi connectivity index (χ4n) is 5.66. The second-order valence-electron chi connectivity index (χ2n) is 11.2. The van der Waals surface area contributed by atoms with Crippen molar-refractivity contribution in [3.63, 3.8) is 0 Å². The zero-order chi connectivity index (χ0) is 31.0. The van der Waals surface area contributed by atoms with Gasteiger partial charge in [-0.05, 0) is 79.5 Å². The molecule has 0 saturated carbocycles. The van der Waals surface area contributed by atoms with E-state index in [4.69, 9.17) is 14.7 Å². The third-order valence-electron chi connectivity index (χ3n) is 7.84. The van der Waals surface area contributed by atoms with E-state index in [2.05, 4.69) is 29.8 Å². The lowest BCUT2D eigenvalue weighted by molar-refractivity contribution is 0.237. The Kier molecular flexibility index (Phi) is 7.73. The lowest BCUT2D eigenvalue weighted by Gasteiger charge is -2.15. The Hall–Kier alpha value is -4.72. The Bertz CT molecular complexity index is 2120. The van der Waals surface area contributed by atoms with Crippen LogP contribution in [0.15, 0.2) is 67.0 Å². The quantitative estimate of drug-likeness (QED) is 0.195. The predicted molar refractivity (Wildman–Crippen MR) is 170 cm³/mol. The number of benzene rings is 2. The number of imidazole rings is 1. The first-order chi connectivity index (χ1) is 21.8. The molecule has 5 heterocycles. The van der Waals surface area contributed by atoms with Gasteiger partial charge in [0.25, 0.3) is 0 Å². The van der Waals surface area contributed by atoms with Gasteiger partial charge in [0.2, 0.25) is 10.0 Å². The summed E-state index contributed by atoms with van der Waals surface area (Å²) in [4.78, 5) is 19.9. The third kappa shape index (κ3) is 6.41. The van der Waals surface area contributed by atoms with Gasteiger partial charge in [-0.25, -0.2) is 27.5 Å². The molecule has 0 spiro atoms. The van der Waals surface area contributed by atoms with Crippen molar-refractivity contribution in [1.82, 2.24) is 39.8 Å². The number of aromatic nitrogens is 6. The molecule has 4 aromatic heterocycles. The molecule has 13 heteroatoms. The van der Waals surface area contributed by atoms with Crippen molar-refractivity contribution < 1.29 is 17.5 Å². The summed E-state index contributed by atoms with van der Waals surface area (Å²) >= 11 is 0. The topological polar surface area (TPSA) is 142 Å². The van der Waals surface area contributed by atoms with Crippen molar-refractivity contribution in [2.24, 2.45) is 0 Å². The maximum absolute atomic E-state index is 14.6. The highest BCUT2D eigenvalue weighted by Gasteiger charge is 2.18. The van der Waals surface area contributed by atoms with Crippen LogP contribution in [-0.4, -0.2) is 75.9 Å². The second kappa shape index (κ2) is 12.0. The number of H-pyrrole nitrogens is 2. The van der Waals surface area contributed by atoms with Gasteiger partial charge in [0.15, 0.2) is 11.5 Å². The maximum Gasteiger partial charge on any atom is 0.209 e. The molecule has 3 N–H and O–H groups in total. The number of aromatic amines is 2. The van der Waals surface area contributed by atoms with Crippen LogP contribution in [-0.2, 0) is 16.6 Å². The molecule has 1 saturated heterocycles. The Balaban J connectivity index is 1.19. The molecule has 0 unspecified atom stereocenters. The van der Waals surface area contributed by atoms with Gasteiger partial charge in [-0.15, -0.1) is 0 Å². The van der Waals surface area contributed by atoms with Crippen molar-refractivity contribution in [1.29, 1.82) is 0 Å². The van der Waals surface area contributed by atoms with E-state index in [9.17, 15) is 12.8 Å². The van der Waals surface area contributed by atoms with Gasteiger partial charge in [0.1, 0.15) is 23.7 Å². The number of fused-ring (bicyclic) bond motifs is 2. The number of rotatable bonds is 10. The maximum atomic E-state index is 14.6. The van der Waals surface area contributed by atoms with Gasteiger partial charge in [-0.2, -0.15) is 5.10 Å². The van der Waals surface area contributed by atoms with Crippen molar-refractivity contribution in [2.45, 2.75) is 19.4 Å². The normalized spacial score (nSPS) is 14.1. The predicted octanol–water partition coefficient (Wildman–Crippen LogP) is 4.89. The van der Waals surface area contributed by atoms with Crippen LogP contribution >= 0.6 is 0 Å². The van der Waals surface area contributed by atoms with Gasteiger partial charge >= 0.3 is 0 Å². The fraction of sp³-hybridized carbons (Fsp3) is 0.250. The zero-order valence-electron chi connectivity index (χ0n) is 24.5. The molecule has 7 rings (SSSR count). The summed E-state index contributed by atoms with van der Waals surface area (Å²) in [7, 11) is -3.43. The Labute approximate surface area is 258 Å². The van der Waals surface area contributed by atoms with Gasteiger partial charge in [0.05, 0.1) is 34.7 Å². The molecule has 0 amide bonds. The number of para-hydroxylation sites is 1. The van der Waals surface area contributed by atoms with Crippen LogP contribution in [0, 0.1) is 5.82 Å². The monoisotopic (exact) mass is 626 g/mol. The molecule has 0 bridgehead atoms. The number of pyridine rings is 2. The summed E-state index contributed by atoms with van der Waals surface area (Å²) in [5.74, 6) is 0.718. The van der Waals surface area contributed by atoms with Gasteiger partial charge in [0, 0.05) is 30.4 Å². The first-order valence-electron chi connectivity index (χ1n) is 14.7. The number of likely N-dealkylation sites (tertiary alicyclic amines) is 1. The summed E-state index contributed by atoms with van der Waals surface area (Å²) in [6, 6.07) is 15.8. The lowest BCUT2D eigenvalue weighted by atomic mass is 10.0. The summed E-state index contributed by atoms with van der Waals surface area (Å²) in [5.41, 5.74) is 6.57. The van der Waals surface area contributed by atoms with E-state index < -0.39 is 15.8 Å². The summed E-state index contributed by atoms with van der Waals surface area (Å²) in [6.07, 6.45) is 7.03. The van der Waals surface area contributed by atoms with E-state index in [1.165, 1.54) is 25.0 Å². The molecular weight excluding hydrogens is 595 g/mol. The Morgan fingerprint density at radius 3 is 2.69 bits per heavy atom. The molecule has 11 nitrogen and oxygen atoms in total. The summed E-state index contributed by atoms with van der Waals surface area (Å²) in [6.45, 7) is 3.73. The first kappa shape index (κ1) is 29.0. The molecule has 2 aromatic carbocycles. The van der Waals surface area contributed by atoms with Crippen LogP contribution in [0.4, 0.5) is 4.39 Å². The van der Waals surface area contributed by atoms with Crippen molar-refractivity contribution in [3.8, 4) is 39.7 Å². The minimum atomic E-state index is -3.43. The zero-order valence-corrected chi connectivity index (χ0v) is 25.4. The molecule has 1 aliphatic rings. The number of nitrogens with zero attached hydrogens (tertiary/aromatic N) is 5. The Morgan fingerprint density at radius 2 is 1.84 bits per heavy atom. The van der Waals surface area contributed by atoms with Gasteiger partial charge in [-0.3, -0.25) is 15.0 Å². The highest BCUT2D eigenvalue weighted by Crippen LogP contribution is 2.33. The van der Waals surface area contributed by atoms with Crippen molar-refractivity contribution in [2.75, 3.05) is 32.5 Å². The molecule has 6 aromatic rings. The van der Waals surface area contributed by atoms with Crippen LogP contribution in [0.5, 0.6) is 5.75 Å². The molecule has 0 radical (unpaired) electrons. The van der Waals surface area contributed by atoms with Crippen LogP contribution in [0.2, 0.25) is 0 Å². The fourth-order valence-corrected chi connectivity index (χ4v) is 6.09. The lowest BCUT2D eigenvalue weighted by Crippen LogP contribution is -2.25. The molecule has 1 aliphatic heterocycles. The average Bonchev–Trinajstić information content (AvgIpc) is 3.79. The Morgan fingerprint density at radius 1 is 0.978 bits per heavy atom. The molecule has 230 valence electrons. The molecular formula is C32H31FN8O3S. The highest BCUT2D eigenvalue weighted by molar-refractivity contribution is 7.88. The number of hydrogen-bond donors (Lipinski definition) is 3. The van der Waals surface area contributed by atoms with Crippen LogP contribution in [0.1, 0.15) is 18.4 Å². The number of halogens is 1. The van der Waals surface area contributed by atoms with Crippen LogP contribution < -0.4 is 9.46 Å². The number of ether oxygens (including phenoxy) is 1. The van der Waals surface area contributed by atoms with Crippen molar-refractivity contribution in [3.05, 3.63) is 78.4 Å². The number of sulfonamides is 1. The smallest absolute Gasteiger partial charge is 0.209 e. The number of nitrogens with one attached hydrogen (secondary N) is 3. The van der Waals surface area contributed by atoms with Gasteiger partial charge in [-0.1, -0.05) is 12.1 Å². The number of hydrogen-bond acceptors (Lipinski definition) is 8. The van der Waals surface area contributed by atoms with Crippen LogP contribution in [0.25, 0.3) is 56.0 Å². The molecule has 0 atom stereocenters. The van der Waals surface area contributed by atoms with E-state index in [-0.39, 0.29) is 6.54 Å². The first-order valence-corrected chi connectivity index (χ1v) is 16.6. The summed E-state index contributed by atoms with van der Waals surface area (Å²) < 4.78 is 46.2. The minimum absolute atomic E-state index is 0.0260. The third-order valence-corrected chi connectivity index (χ3v) is 8.50. The van der Waals surface area contributed by atoms with Crippen LogP contribution in [0.3, 0.4) is 0 Å². The SMILES string of the molecule is CS(=O)(=O)NCc1cc(F)cc(-c2cccc3[nH]c(-c4n[nH]c5ccc(-c6cncc(OCCN7CCCC7)c6)nc45)nc23)c1. The van der Waals surface area contributed by atoms with E-state index in [1.54, 1.807) is 18.5 Å². The van der Waals surface area contributed by atoms with Gasteiger partial charge < -0.3 is 9.72 Å². The van der Waals surface area contributed by atoms with E-state index in [0.717, 1.165) is 48.2 Å². The standard InChI is InChI=1S/C32H31FN8O3S/c1-45(42,43)35-17-20-13-21(15-23(33)14-20)25-5-4-6-27-29(25)38-32(37-27)31-30-28(39-40-31)8-7-26(36-30)22-16-24(19-34-18-22)44-12-11-41-9-2-3-10-41/h4-8,13-16,18-19,35H,2-3,9-12,17H2,1H3,(H,37,38)(H,39,40). The summed E-state index contributed by atoms with van der Waals surface area (Å²) in [5, 5.41) is 7.56. The molecule has 0 aliphatic carbocycles. The molecule has 1 fully saturated rings. The van der Waals surface area contributed by atoms with Crippen molar-refractivity contribution >= 4 is 32.1 Å². The van der Waals surface area contributed by atoms with E-state index in [1.807, 2.05) is 36.4 Å². The van der Waals surface area contributed by atoms with E-state index >= 15 is 0 Å².